The fraction of sp³-hybridized carbons (Fsp3) is 0.571. The molecule has 1 unspecified atom stereocenters. The van der Waals surface area contributed by atoms with Gasteiger partial charge in [0.1, 0.15) is 6.10 Å². The number of benzene rings is 1. The molecule has 5 atom stereocenters. The molecule has 2 aliphatic heterocycles. The van der Waals surface area contributed by atoms with Crippen LogP contribution < -0.4 is 0 Å². The third kappa shape index (κ3) is 4.70. The molecule has 0 aromatic heterocycles. The van der Waals surface area contributed by atoms with Crippen molar-refractivity contribution < 1.29 is 33.7 Å². The Bertz CT molecular complexity index is 744. The van der Waals surface area contributed by atoms with E-state index < -0.39 is 18.0 Å². The zero-order chi connectivity index (χ0) is 20.3. The third-order valence-corrected chi connectivity index (χ3v) is 5.61. The van der Waals surface area contributed by atoms with Crippen molar-refractivity contribution in [3.8, 4) is 0 Å². The highest BCUT2D eigenvalue weighted by Crippen LogP contribution is 2.47. The summed E-state index contributed by atoms with van der Waals surface area (Å²) in [6.07, 6.45) is 1.73. The molecule has 2 fully saturated rings. The largest absolute Gasteiger partial charge is 0.481 e. The number of carbonyl (C=O) groups excluding carboxylic acids is 2. The van der Waals surface area contributed by atoms with Gasteiger partial charge >= 0.3 is 17.9 Å². The second-order valence-electron chi connectivity index (χ2n) is 7.52. The summed E-state index contributed by atoms with van der Waals surface area (Å²) in [5, 5.41) is 9.21. The van der Waals surface area contributed by atoms with E-state index >= 15 is 0 Å². The lowest BCUT2D eigenvalue weighted by Gasteiger charge is -2.31. The van der Waals surface area contributed by atoms with Gasteiger partial charge in [0, 0.05) is 19.8 Å². The highest BCUT2D eigenvalue weighted by molar-refractivity contribution is 5.71. The van der Waals surface area contributed by atoms with Crippen LogP contribution in [-0.2, 0) is 35.0 Å². The fourth-order valence-electron chi connectivity index (χ4n) is 4.50. The van der Waals surface area contributed by atoms with Crippen LogP contribution in [0.5, 0.6) is 0 Å². The normalized spacial score (nSPS) is 26.6. The third-order valence-electron chi connectivity index (χ3n) is 5.61. The topological polar surface area (TPSA) is 99.1 Å². The molecular formula is C21H26O7. The zero-order valence-electron chi connectivity index (χ0n) is 16.1. The molecule has 0 saturated carbocycles. The first kappa shape index (κ1) is 20.3. The number of ether oxygens (including phenoxy) is 3. The minimum absolute atomic E-state index is 0.0373. The van der Waals surface area contributed by atoms with Crippen LogP contribution in [0.25, 0.3) is 0 Å². The Morgan fingerprint density at radius 3 is 2.43 bits per heavy atom. The molecule has 28 heavy (non-hydrogen) atoms. The van der Waals surface area contributed by atoms with E-state index in [4.69, 9.17) is 14.2 Å². The Kier molecular flexibility index (Phi) is 6.34. The fourth-order valence-corrected chi connectivity index (χ4v) is 4.50. The van der Waals surface area contributed by atoms with Crippen LogP contribution in [0.2, 0.25) is 0 Å². The number of aliphatic carboxylic acids is 1. The minimum atomic E-state index is -0.940. The minimum Gasteiger partial charge on any atom is -0.481 e. The van der Waals surface area contributed by atoms with Crippen molar-refractivity contribution in [2.24, 2.45) is 11.8 Å². The Labute approximate surface area is 164 Å². The van der Waals surface area contributed by atoms with Gasteiger partial charge in [0.05, 0.1) is 25.2 Å². The Balaban J connectivity index is 1.83. The number of esters is 2. The molecule has 0 spiro atoms. The highest BCUT2D eigenvalue weighted by Gasteiger charge is 2.50. The van der Waals surface area contributed by atoms with Crippen molar-refractivity contribution in [3.05, 3.63) is 35.4 Å². The lowest BCUT2D eigenvalue weighted by atomic mass is 9.76. The number of carboxylic acid groups (broad SMARTS) is 1. The summed E-state index contributed by atoms with van der Waals surface area (Å²) in [5.41, 5.74) is 1.33. The predicted octanol–water partition coefficient (Wildman–Crippen LogP) is 2.66. The highest BCUT2D eigenvalue weighted by atomic mass is 16.5. The SMILES string of the molecule is CC(=O)OC[C@@H]1[C@H]2CCC(O2)[C@@H]1C[C@H](OC(C)=O)c1ccccc1CC(=O)O. The first-order chi connectivity index (χ1) is 13.3. The van der Waals surface area contributed by atoms with E-state index in [1.165, 1.54) is 13.8 Å². The second kappa shape index (κ2) is 8.73. The van der Waals surface area contributed by atoms with Gasteiger partial charge in [-0.2, -0.15) is 0 Å². The van der Waals surface area contributed by atoms with Gasteiger partial charge in [-0.25, -0.2) is 0 Å². The second-order valence-corrected chi connectivity index (χ2v) is 7.52. The lowest BCUT2D eigenvalue weighted by molar-refractivity contribution is -0.148. The van der Waals surface area contributed by atoms with Gasteiger partial charge in [0.15, 0.2) is 0 Å². The van der Waals surface area contributed by atoms with Crippen molar-refractivity contribution in [2.45, 2.75) is 57.8 Å². The maximum Gasteiger partial charge on any atom is 0.307 e. The van der Waals surface area contributed by atoms with Crippen molar-refractivity contribution in [3.63, 3.8) is 0 Å². The molecule has 152 valence electrons. The van der Waals surface area contributed by atoms with Crippen LogP contribution in [0.1, 0.15) is 50.3 Å². The molecule has 0 amide bonds. The molecule has 1 N–H and O–H groups in total. The number of carboxylic acids is 1. The molecule has 1 aromatic rings. The molecular weight excluding hydrogens is 364 g/mol. The number of hydrogen-bond donors (Lipinski definition) is 1. The number of hydrogen-bond acceptors (Lipinski definition) is 6. The quantitative estimate of drug-likeness (QED) is 0.681. The molecule has 2 aliphatic rings. The van der Waals surface area contributed by atoms with Crippen LogP contribution in [0, 0.1) is 11.8 Å². The van der Waals surface area contributed by atoms with Gasteiger partial charge in [-0.15, -0.1) is 0 Å². The summed E-state index contributed by atoms with van der Waals surface area (Å²) >= 11 is 0. The van der Waals surface area contributed by atoms with E-state index in [1.54, 1.807) is 18.2 Å². The summed E-state index contributed by atoms with van der Waals surface area (Å²) in [4.78, 5) is 34.3. The van der Waals surface area contributed by atoms with E-state index in [9.17, 15) is 19.5 Å². The van der Waals surface area contributed by atoms with Gasteiger partial charge in [-0.1, -0.05) is 24.3 Å². The smallest absolute Gasteiger partial charge is 0.307 e. The van der Waals surface area contributed by atoms with Gasteiger partial charge < -0.3 is 19.3 Å². The van der Waals surface area contributed by atoms with Crippen LogP contribution >= 0.6 is 0 Å². The maximum atomic E-state index is 11.8. The van der Waals surface area contributed by atoms with E-state index in [-0.39, 0.29) is 43.0 Å². The van der Waals surface area contributed by atoms with Crippen molar-refractivity contribution in [2.75, 3.05) is 6.61 Å². The molecule has 2 heterocycles. The molecule has 7 nitrogen and oxygen atoms in total. The summed E-state index contributed by atoms with van der Waals surface area (Å²) < 4.78 is 16.9. The average molecular weight is 390 g/mol. The van der Waals surface area contributed by atoms with Crippen LogP contribution in [0.4, 0.5) is 0 Å². The Hall–Kier alpha value is -2.41. The van der Waals surface area contributed by atoms with E-state index in [0.29, 0.717) is 17.5 Å². The van der Waals surface area contributed by atoms with E-state index in [1.807, 2.05) is 6.07 Å². The number of rotatable bonds is 8. The summed E-state index contributed by atoms with van der Waals surface area (Å²) in [7, 11) is 0. The summed E-state index contributed by atoms with van der Waals surface area (Å²) in [5.74, 6) is -1.57. The van der Waals surface area contributed by atoms with E-state index in [0.717, 1.165) is 12.8 Å². The molecule has 1 aromatic carbocycles. The van der Waals surface area contributed by atoms with Crippen molar-refractivity contribution >= 4 is 17.9 Å². The van der Waals surface area contributed by atoms with Gasteiger partial charge in [0.25, 0.3) is 0 Å². The first-order valence-corrected chi connectivity index (χ1v) is 9.60. The standard InChI is InChI=1S/C21H26O7/c1-12(22)26-11-17-16(18-7-8-19(17)28-18)10-20(27-13(2)23)15-6-4-3-5-14(15)9-21(24)25/h3-6,16-20H,7-11H2,1-2H3,(H,24,25)/t16-,17+,18?,19-,20+/m1/s1. The monoisotopic (exact) mass is 390 g/mol. The number of carbonyl (C=O) groups is 3. The van der Waals surface area contributed by atoms with Gasteiger partial charge in [0.2, 0.25) is 0 Å². The molecule has 7 heteroatoms. The van der Waals surface area contributed by atoms with Crippen molar-refractivity contribution in [1.29, 1.82) is 0 Å². The van der Waals surface area contributed by atoms with Gasteiger partial charge in [-0.05, 0) is 36.3 Å². The zero-order valence-corrected chi connectivity index (χ0v) is 16.1. The average Bonchev–Trinajstić information content (AvgIpc) is 3.20. The number of fused-ring (bicyclic) bond motifs is 2. The maximum absolute atomic E-state index is 11.8. The molecule has 0 radical (unpaired) electrons. The lowest BCUT2D eigenvalue weighted by Crippen LogP contribution is -2.33. The Morgan fingerprint density at radius 1 is 1.11 bits per heavy atom. The molecule has 2 saturated heterocycles. The predicted molar refractivity (Wildman–Crippen MR) is 98.4 cm³/mol. The summed E-state index contributed by atoms with van der Waals surface area (Å²) in [6.45, 7) is 3.01. The van der Waals surface area contributed by atoms with Crippen LogP contribution in [0.15, 0.2) is 24.3 Å². The van der Waals surface area contributed by atoms with Crippen molar-refractivity contribution in [1.82, 2.24) is 0 Å². The summed E-state index contributed by atoms with van der Waals surface area (Å²) in [6, 6.07) is 7.14. The molecule has 3 rings (SSSR count). The molecule has 2 bridgehead atoms. The van der Waals surface area contributed by atoms with Crippen LogP contribution in [-0.4, -0.2) is 41.8 Å². The molecule has 0 aliphatic carbocycles. The van der Waals surface area contributed by atoms with E-state index in [2.05, 4.69) is 0 Å². The first-order valence-electron chi connectivity index (χ1n) is 9.60. The van der Waals surface area contributed by atoms with Gasteiger partial charge in [-0.3, -0.25) is 14.4 Å². The Morgan fingerprint density at radius 2 is 1.79 bits per heavy atom. The van der Waals surface area contributed by atoms with Crippen LogP contribution in [0.3, 0.4) is 0 Å².